The van der Waals surface area contributed by atoms with Crippen molar-refractivity contribution in [1.29, 1.82) is 0 Å². The fourth-order valence-corrected chi connectivity index (χ4v) is 4.00. The van der Waals surface area contributed by atoms with Gasteiger partial charge in [0.15, 0.2) is 6.29 Å². The molecular weight excluding hydrogens is 397 g/mol. The molecule has 0 radical (unpaired) electrons. The van der Waals surface area contributed by atoms with Crippen LogP contribution < -0.4 is 4.72 Å². The van der Waals surface area contributed by atoms with Gasteiger partial charge in [0.1, 0.15) is 0 Å². The predicted molar refractivity (Wildman–Crippen MR) is 102 cm³/mol. The van der Waals surface area contributed by atoms with Crippen molar-refractivity contribution in [3.63, 3.8) is 0 Å². The minimum Gasteiger partial charge on any atom is -0.353 e. The van der Waals surface area contributed by atoms with Gasteiger partial charge in [-0.2, -0.15) is 0 Å². The van der Waals surface area contributed by atoms with Crippen molar-refractivity contribution >= 4 is 38.9 Å². The Morgan fingerprint density at radius 3 is 2.50 bits per heavy atom. The molecule has 1 atom stereocenters. The molecule has 0 aliphatic carbocycles. The van der Waals surface area contributed by atoms with Crippen molar-refractivity contribution in [3.8, 4) is 0 Å². The van der Waals surface area contributed by atoms with Crippen molar-refractivity contribution in [3.05, 3.63) is 58.1 Å². The van der Waals surface area contributed by atoms with Crippen LogP contribution in [0.2, 0.25) is 10.0 Å². The zero-order chi connectivity index (χ0) is 18.6. The van der Waals surface area contributed by atoms with E-state index >= 15 is 0 Å². The van der Waals surface area contributed by atoms with Crippen molar-refractivity contribution < 1.29 is 17.9 Å². The molecule has 0 spiro atoms. The van der Waals surface area contributed by atoms with Crippen LogP contribution in [0.4, 0.5) is 5.69 Å². The van der Waals surface area contributed by atoms with E-state index in [1.54, 1.807) is 18.2 Å². The predicted octanol–water partition coefficient (Wildman–Crippen LogP) is 4.84. The van der Waals surface area contributed by atoms with Crippen LogP contribution in [-0.4, -0.2) is 21.3 Å². The highest BCUT2D eigenvalue weighted by atomic mass is 35.5. The summed E-state index contributed by atoms with van der Waals surface area (Å²) in [5, 5.41) is 0.893. The van der Waals surface area contributed by atoms with E-state index in [0.717, 1.165) is 19.3 Å². The minimum absolute atomic E-state index is 0.115. The zero-order valence-corrected chi connectivity index (χ0v) is 16.3. The van der Waals surface area contributed by atoms with E-state index in [1.165, 1.54) is 24.3 Å². The Morgan fingerprint density at radius 2 is 1.81 bits per heavy atom. The lowest BCUT2D eigenvalue weighted by molar-refractivity contribution is -0.168. The molecule has 2 aromatic carbocycles. The summed E-state index contributed by atoms with van der Waals surface area (Å²) >= 11 is 11.9. The third kappa shape index (κ3) is 5.11. The van der Waals surface area contributed by atoms with E-state index in [1.807, 2.05) is 0 Å². The highest BCUT2D eigenvalue weighted by molar-refractivity contribution is 7.92. The molecule has 26 heavy (non-hydrogen) atoms. The fraction of sp³-hybridized carbons (Fsp3) is 0.333. The molecule has 1 N–H and O–H groups in total. The summed E-state index contributed by atoms with van der Waals surface area (Å²) in [4.78, 5) is 0.115. The highest BCUT2D eigenvalue weighted by Crippen LogP contribution is 2.26. The summed E-state index contributed by atoms with van der Waals surface area (Å²) < 4.78 is 39.1. The van der Waals surface area contributed by atoms with Gasteiger partial charge in [0.25, 0.3) is 10.0 Å². The zero-order valence-electron chi connectivity index (χ0n) is 14.0. The molecule has 2 aromatic rings. The number of rotatable bonds is 6. The maximum Gasteiger partial charge on any atom is 0.261 e. The lowest BCUT2D eigenvalue weighted by Gasteiger charge is -2.23. The van der Waals surface area contributed by atoms with Gasteiger partial charge in [0.05, 0.1) is 17.2 Å². The van der Waals surface area contributed by atoms with E-state index in [0.29, 0.717) is 27.9 Å². The quantitative estimate of drug-likeness (QED) is 0.732. The smallest absolute Gasteiger partial charge is 0.261 e. The first-order chi connectivity index (χ1) is 12.4. The number of nitrogens with one attached hydrogen (secondary N) is 1. The summed E-state index contributed by atoms with van der Waals surface area (Å²) in [7, 11) is -3.77. The van der Waals surface area contributed by atoms with Crippen LogP contribution in [0.15, 0.2) is 47.4 Å². The maximum absolute atomic E-state index is 12.6. The second-order valence-electron chi connectivity index (χ2n) is 5.97. The minimum atomic E-state index is -3.77. The molecule has 1 fully saturated rings. The van der Waals surface area contributed by atoms with Gasteiger partial charge in [-0.1, -0.05) is 29.3 Å². The van der Waals surface area contributed by atoms with E-state index in [-0.39, 0.29) is 17.8 Å². The average molecular weight is 416 g/mol. The first-order valence-corrected chi connectivity index (χ1v) is 10.5. The largest absolute Gasteiger partial charge is 0.353 e. The Bertz CT molecular complexity index is 850. The standard InChI is InChI=1S/C18H19Cl2NO4S/c19-14-6-8-16(9-7-14)26(22,23)21-17-11-15(20)5-4-13(17)12-25-18-3-1-2-10-24-18/h4-9,11,18,21H,1-3,10,12H2/t18-/m1/s1. The lowest BCUT2D eigenvalue weighted by atomic mass is 10.2. The molecule has 1 aliphatic heterocycles. The molecule has 3 rings (SSSR count). The van der Waals surface area contributed by atoms with Crippen molar-refractivity contribution in [2.24, 2.45) is 0 Å². The molecular formula is C18H19Cl2NO4S. The van der Waals surface area contributed by atoms with Gasteiger partial charge < -0.3 is 9.47 Å². The second kappa shape index (κ2) is 8.59. The van der Waals surface area contributed by atoms with Crippen molar-refractivity contribution in [2.45, 2.75) is 37.1 Å². The van der Waals surface area contributed by atoms with E-state index < -0.39 is 10.0 Å². The monoisotopic (exact) mass is 415 g/mol. The average Bonchev–Trinajstić information content (AvgIpc) is 2.62. The van der Waals surface area contributed by atoms with Crippen LogP contribution in [0.1, 0.15) is 24.8 Å². The molecule has 1 saturated heterocycles. The molecule has 0 amide bonds. The Hall–Kier alpha value is -1.31. The second-order valence-corrected chi connectivity index (χ2v) is 8.52. The van der Waals surface area contributed by atoms with Crippen LogP contribution in [-0.2, 0) is 26.1 Å². The first-order valence-electron chi connectivity index (χ1n) is 8.24. The van der Waals surface area contributed by atoms with Gasteiger partial charge in [0.2, 0.25) is 0 Å². The summed E-state index contributed by atoms with van der Waals surface area (Å²) in [5.74, 6) is 0. The molecule has 8 heteroatoms. The first kappa shape index (κ1) is 19.5. The normalized spacial score (nSPS) is 17.8. The van der Waals surface area contributed by atoms with E-state index in [4.69, 9.17) is 32.7 Å². The highest BCUT2D eigenvalue weighted by Gasteiger charge is 2.18. The Morgan fingerprint density at radius 1 is 1.08 bits per heavy atom. The number of ether oxygens (including phenoxy) is 2. The molecule has 0 aromatic heterocycles. The number of anilines is 1. The topological polar surface area (TPSA) is 64.6 Å². The molecule has 5 nitrogen and oxygen atoms in total. The number of hydrogen-bond acceptors (Lipinski definition) is 4. The van der Waals surface area contributed by atoms with Gasteiger partial charge in [-0.05, 0) is 55.7 Å². The third-order valence-corrected chi connectivity index (χ3v) is 5.87. The van der Waals surface area contributed by atoms with Crippen LogP contribution in [0.3, 0.4) is 0 Å². The van der Waals surface area contributed by atoms with Gasteiger partial charge in [0, 0.05) is 22.2 Å². The third-order valence-electron chi connectivity index (χ3n) is 4.00. The summed E-state index contributed by atoms with van der Waals surface area (Å²) in [6, 6.07) is 10.9. The Balaban J connectivity index is 1.77. The SMILES string of the molecule is O=S(=O)(Nc1cc(Cl)ccc1CO[C@@H]1CCCCO1)c1ccc(Cl)cc1. The lowest BCUT2D eigenvalue weighted by Crippen LogP contribution is -2.22. The van der Waals surface area contributed by atoms with Crippen LogP contribution in [0, 0.1) is 0 Å². The van der Waals surface area contributed by atoms with Crippen molar-refractivity contribution in [2.75, 3.05) is 11.3 Å². The summed E-state index contributed by atoms with van der Waals surface area (Å²) in [5.41, 5.74) is 1.06. The Kier molecular flexibility index (Phi) is 6.42. The summed E-state index contributed by atoms with van der Waals surface area (Å²) in [6.07, 6.45) is 2.66. The molecule has 0 saturated carbocycles. The molecule has 140 valence electrons. The molecule has 0 bridgehead atoms. The van der Waals surface area contributed by atoms with Crippen molar-refractivity contribution in [1.82, 2.24) is 0 Å². The molecule has 1 aliphatic rings. The number of hydrogen-bond donors (Lipinski definition) is 1. The Labute approximate surface area is 163 Å². The van der Waals surface area contributed by atoms with Crippen LogP contribution in [0.25, 0.3) is 0 Å². The summed E-state index contributed by atoms with van der Waals surface area (Å²) in [6.45, 7) is 0.904. The maximum atomic E-state index is 12.6. The van der Waals surface area contributed by atoms with Gasteiger partial charge in [-0.25, -0.2) is 8.42 Å². The van der Waals surface area contributed by atoms with Crippen LogP contribution in [0.5, 0.6) is 0 Å². The fourth-order valence-electron chi connectivity index (χ4n) is 2.61. The van der Waals surface area contributed by atoms with E-state index in [9.17, 15) is 8.42 Å². The van der Waals surface area contributed by atoms with Gasteiger partial charge in [-0.3, -0.25) is 4.72 Å². The van der Waals surface area contributed by atoms with Gasteiger partial charge in [-0.15, -0.1) is 0 Å². The van der Waals surface area contributed by atoms with Gasteiger partial charge >= 0.3 is 0 Å². The molecule has 1 heterocycles. The van der Waals surface area contributed by atoms with E-state index in [2.05, 4.69) is 4.72 Å². The number of halogens is 2. The number of sulfonamides is 1. The van der Waals surface area contributed by atoms with Crippen LogP contribution >= 0.6 is 23.2 Å². The molecule has 0 unspecified atom stereocenters. The number of benzene rings is 2.